The lowest BCUT2D eigenvalue weighted by Gasteiger charge is -2.46. The Labute approximate surface area is 347 Å². The molecule has 0 bridgehead atoms. The average Bonchev–Trinajstić information content (AvgIpc) is 3.47. The van der Waals surface area contributed by atoms with E-state index >= 15 is 0 Å². The second-order valence-electron chi connectivity index (χ2n) is 20.5. The van der Waals surface area contributed by atoms with Gasteiger partial charge >= 0.3 is 0 Å². The molecule has 1 fully saturated rings. The van der Waals surface area contributed by atoms with Gasteiger partial charge in [-0.05, 0) is 168 Å². The molecule has 296 valence electrons. The molecule has 3 nitrogen and oxygen atoms in total. The monoisotopic (exact) mass is 764 g/mol. The quantitative estimate of drug-likeness (QED) is 0.129. The Hall–Kier alpha value is -4.70. The molecule has 3 unspecified atom stereocenters. The van der Waals surface area contributed by atoms with Gasteiger partial charge in [0.05, 0.1) is 17.0 Å². The predicted octanol–water partition coefficient (Wildman–Crippen LogP) is 13.1. The Morgan fingerprint density at radius 1 is 0.690 bits per heavy atom. The molecule has 6 aromatic rings. The predicted molar refractivity (Wildman–Crippen MR) is 248 cm³/mol. The highest BCUT2D eigenvalue weighted by Gasteiger charge is 2.49. The lowest BCUT2D eigenvalue weighted by atomic mass is 9.35. The van der Waals surface area contributed by atoms with E-state index in [1.807, 2.05) is 0 Å². The smallest absolute Gasteiger partial charge is 0.297 e. The van der Waals surface area contributed by atoms with Crippen LogP contribution in [0.5, 0.6) is 0 Å². The van der Waals surface area contributed by atoms with Crippen molar-refractivity contribution in [3.05, 3.63) is 125 Å². The van der Waals surface area contributed by atoms with Crippen molar-refractivity contribution in [2.24, 2.45) is 23.7 Å². The van der Waals surface area contributed by atoms with E-state index in [1.165, 1.54) is 111 Å². The van der Waals surface area contributed by atoms with Crippen LogP contribution >= 0.6 is 0 Å². The molecule has 2 aliphatic heterocycles. The van der Waals surface area contributed by atoms with Crippen LogP contribution in [-0.2, 0) is 17.3 Å². The SMILES string of the molecule is Cc1cccc(C)c1N1c2cc3c(cc2B2c4oc5ccc(CC(C)C6CC[C@H](C)CC(C)C6)cc5c4N(c4ccccc4)c4cccc1c42)C(C)(C)CCC3(C)C. The average molecular weight is 765 g/mol. The van der Waals surface area contributed by atoms with Gasteiger partial charge in [-0.2, -0.15) is 0 Å². The summed E-state index contributed by atoms with van der Waals surface area (Å²) in [7, 11) is 0. The minimum Gasteiger partial charge on any atom is -0.468 e. The van der Waals surface area contributed by atoms with Gasteiger partial charge in [-0.25, -0.2) is 0 Å². The van der Waals surface area contributed by atoms with Gasteiger partial charge in [-0.15, -0.1) is 0 Å². The summed E-state index contributed by atoms with van der Waals surface area (Å²) in [6, 6.07) is 37.1. The number of fused-ring (bicyclic) bond motifs is 7. The van der Waals surface area contributed by atoms with E-state index in [2.05, 4.69) is 169 Å². The number of nitrogens with zero attached hydrogens (tertiary/aromatic N) is 2. The van der Waals surface area contributed by atoms with Crippen molar-refractivity contribution >= 4 is 68.4 Å². The Bertz CT molecular complexity index is 2540. The van der Waals surface area contributed by atoms with Crippen LogP contribution < -0.4 is 26.4 Å². The highest BCUT2D eigenvalue weighted by atomic mass is 16.3. The van der Waals surface area contributed by atoms with Gasteiger partial charge in [0.2, 0.25) is 0 Å². The number of hydrogen-bond donors (Lipinski definition) is 0. The van der Waals surface area contributed by atoms with Crippen molar-refractivity contribution in [1.29, 1.82) is 0 Å². The largest absolute Gasteiger partial charge is 0.468 e. The van der Waals surface area contributed by atoms with Crippen LogP contribution in [0.2, 0.25) is 0 Å². The summed E-state index contributed by atoms with van der Waals surface area (Å²) in [5, 5.41) is 1.22. The fourth-order valence-corrected chi connectivity index (χ4v) is 12.0. The fourth-order valence-electron chi connectivity index (χ4n) is 12.0. The molecule has 2 aliphatic carbocycles. The first-order valence-corrected chi connectivity index (χ1v) is 22.4. The van der Waals surface area contributed by atoms with Crippen LogP contribution in [0.1, 0.15) is 115 Å². The number of anilines is 6. The molecule has 3 heterocycles. The Kier molecular flexibility index (Phi) is 8.86. The zero-order chi connectivity index (χ0) is 40.2. The molecule has 0 N–H and O–H groups in total. The zero-order valence-corrected chi connectivity index (χ0v) is 36.4. The van der Waals surface area contributed by atoms with E-state index in [-0.39, 0.29) is 17.5 Å². The van der Waals surface area contributed by atoms with Gasteiger partial charge in [-0.1, -0.05) is 109 Å². The Morgan fingerprint density at radius 2 is 1.36 bits per heavy atom. The second kappa shape index (κ2) is 13.7. The molecule has 1 saturated carbocycles. The summed E-state index contributed by atoms with van der Waals surface area (Å²) >= 11 is 0. The number of furan rings is 1. The lowest BCUT2D eigenvalue weighted by Crippen LogP contribution is -2.61. The van der Waals surface area contributed by atoms with Crippen LogP contribution in [0.4, 0.5) is 34.1 Å². The molecule has 4 atom stereocenters. The van der Waals surface area contributed by atoms with Crippen molar-refractivity contribution in [2.75, 3.05) is 9.80 Å². The number of benzene rings is 5. The van der Waals surface area contributed by atoms with Gasteiger partial charge in [0, 0.05) is 28.1 Å². The van der Waals surface area contributed by atoms with E-state index in [0.717, 1.165) is 41.1 Å². The summed E-state index contributed by atoms with van der Waals surface area (Å²) in [6.45, 7) is 21.8. The molecule has 0 radical (unpaired) electrons. The first-order chi connectivity index (χ1) is 27.8. The van der Waals surface area contributed by atoms with Crippen LogP contribution in [0.3, 0.4) is 0 Å². The van der Waals surface area contributed by atoms with Crippen molar-refractivity contribution in [3.8, 4) is 0 Å². The van der Waals surface area contributed by atoms with E-state index in [0.29, 0.717) is 5.92 Å². The van der Waals surface area contributed by atoms with E-state index in [1.54, 1.807) is 0 Å². The zero-order valence-electron chi connectivity index (χ0n) is 36.4. The summed E-state index contributed by atoms with van der Waals surface area (Å²) < 4.78 is 7.33. The van der Waals surface area contributed by atoms with E-state index < -0.39 is 0 Å². The Morgan fingerprint density at radius 3 is 2.09 bits per heavy atom. The molecule has 1 aromatic heterocycles. The fraction of sp³-hybridized carbons (Fsp3) is 0.407. The molecule has 0 amide bonds. The maximum atomic E-state index is 7.33. The van der Waals surface area contributed by atoms with Crippen LogP contribution in [0.15, 0.2) is 101 Å². The van der Waals surface area contributed by atoms with Gasteiger partial charge in [0.15, 0.2) is 0 Å². The summed E-state index contributed by atoms with van der Waals surface area (Å²) in [4.78, 5) is 5.14. The van der Waals surface area contributed by atoms with Gasteiger partial charge in [0.1, 0.15) is 5.58 Å². The van der Waals surface area contributed by atoms with Crippen molar-refractivity contribution in [3.63, 3.8) is 0 Å². The molecule has 4 heteroatoms. The minimum absolute atomic E-state index is 0.0490. The molecular formula is C54H61BN2O. The second-order valence-corrected chi connectivity index (χ2v) is 20.5. The summed E-state index contributed by atoms with van der Waals surface area (Å²) in [5.41, 5.74) is 19.3. The molecule has 5 aromatic carbocycles. The normalized spacial score (nSPS) is 22.2. The van der Waals surface area contributed by atoms with Gasteiger partial charge in [0.25, 0.3) is 6.71 Å². The molecule has 4 aliphatic rings. The topological polar surface area (TPSA) is 19.6 Å². The Balaban J connectivity index is 1.22. The summed E-state index contributed by atoms with van der Waals surface area (Å²) in [6.07, 6.45) is 8.90. The number of aryl methyl sites for hydroxylation is 2. The third-order valence-corrected chi connectivity index (χ3v) is 15.2. The third-order valence-electron chi connectivity index (χ3n) is 15.2. The van der Waals surface area contributed by atoms with Crippen LogP contribution in [0.25, 0.3) is 11.0 Å². The standard InChI is InChI=1S/C54H61BN2O/c1-33-21-23-39(28-34(2)27-33)37(5)29-38-22-24-48-41(30-38)51-52(58-48)55-44-31-42-43(54(8,9)26-25-53(42,6)7)32-47(44)57(50-35(3)15-13-16-36(50)4)46-20-14-19-45(49(46)55)56(51)40-17-11-10-12-18-40/h10-20,22,24,30-34,37,39H,21,23,25-29H2,1-9H3/t33-,34?,37?,39?/m0/s1. The maximum absolute atomic E-state index is 7.33. The molecule has 10 rings (SSSR count). The molecule has 58 heavy (non-hydrogen) atoms. The highest BCUT2D eigenvalue weighted by molar-refractivity contribution is 7.00. The highest BCUT2D eigenvalue weighted by Crippen LogP contribution is 2.52. The van der Waals surface area contributed by atoms with E-state index in [9.17, 15) is 0 Å². The van der Waals surface area contributed by atoms with Crippen molar-refractivity contribution in [1.82, 2.24) is 0 Å². The lowest BCUT2D eigenvalue weighted by molar-refractivity contribution is 0.289. The maximum Gasteiger partial charge on any atom is 0.297 e. The molecule has 0 spiro atoms. The summed E-state index contributed by atoms with van der Waals surface area (Å²) in [5.74, 6) is 3.07. The minimum atomic E-state index is -0.0490. The van der Waals surface area contributed by atoms with E-state index in [4.69, 9.17) is 4.42 Å². The first kappa shape index (κ1) is 37.6. The van der Waals surface area contributed by atoms with Crippen molar-refractivity contribution < 1.29 is 4.42 Å². The van der Waals surface area contributed by atoms with Gasteiger partial charge < -0.3 is 14.2 Å². The molecule has 0 saturated heterocycles. The van der Waals surface area contributed by atoms with Crippen LogP contribution in [-0.4, -0.2) is 6.71 Å². The van der Waals surface area contributed by atoms with Gasteiger partial charge in [-0.3, -0.25) is 0 Å². The number of rotatable bonds is 5. The third kappa shape index (κ3) is 5.90. The van der Waals surface area contributed by atoms with Crippen LogP contribution in [0, 0.1) is 37.5 Å². The first-order valence-electron chi connectivity index (χ1n) is 22.4. The molecular weight excluding hydrogens is 703 g/mol. The number of hydrogen-bond acceptors (Lipinski definition) is 3. The number of para-hydroxylation sites is 2. The van der Waals surface area contributed by atoms with Crippen molar-refractivity contribution in [2.45, 2.75) is 118 Å².